The zero-order valence-electron chi connectivity index (χ0n) is 17.6. The van der Waals surface area contributed by atoms with E-state index in [1.54, 1.807) is 4.90 Å². The van der Waals surface area contributed by atoms with Crippen molar-refractivity contribution in [2.45, 2.75) is 53.1 Å². The van der Waals surface area contributed by atoms with Crippen LogP contribution in [0.2, 0.25) is 0 Å². The van der Waals surface area contributed by atoms with Crippen molar-refractivity contribution in [1.82, 2.24) is 4.90 Å². The van der Waals surface area contributed by atoms with E-state index in [1.165, 1.54) is 18.2 Å². The van der Waals surface area contributed by atoms with E-state index in [0.29, 0.717) is 31.2 Å². The first-order valence-electron chi connectivity index (χ1n) is 9.91. The molecule has 162 valence electrons. The Hall–Kier alpha value is -2.77. The van der Waals surface area contributed by atoms with Gasteiger partial charge in [-0.15, -0.1) is 0 Å². The van der Waals surface area contributed by atoms with E-state index in [-0.39, 0.29) is 18.1 Å². The van der Waals surface area contributed by atoms with E-state index in [0.717, 1.165) is 26.2 Å². The molecule has 0 fully saturated rings. The molecule has 0 aliphatic heterocycles. The number of carboxylic acids is 1. The molecule has 1 N–H and O–H groups in total. The van der Waals surface area contributed by atoms with Crippen LogP contribution >= 0.6 is 0 Å². The lowest BCUT2D eigenvalue weighted by atomic mass is 10.1. The quantitative estimate of drug-likeness (QED) is 0.499. The molecule has 0 bridgehead atoms. The number of carbonyl (C=O) groups excluding carboxylic acids is 2. The molecule has 1 atom stereocenters. The van der Waals surface area contributed by atoms with Crippen molar-refractivity contribution in [2.75, 3.05) is 26.3 Å². The van der Waals surface area contributed by atoms with Gasteiger partial charge in [-0.25, -0.2) is 4.79 Å². The van der Waals surface area contributed by atoms with Gasteiger partial charge in [0, 0.05) is 25.6 Å². The number of hydrogen-bond acceptors (Lipinski definition) is 6. The van der Waals surface area contributed by atoms with Crippen molar-refractivity contribution in [1.29, 1.82) is 0 Å². The van der Waals surface area contributed by atoms with E-state index in [1.807, 2.05) is 20.8 Å². The summed E-state index contributed by atoms with van der Waals surface area (Å²) in [6.45, 7) is 8.66. The molecule has 1 rings (SSSR count). The van der Waals surface area contributed by atoms with Crippen LogP contribution < -0.4 is 9.47 Å². The van der Waals surface area contributed by atoms with Crippen molar-refractivity contribution in [3.8, 4) is 11.5 Å². The predicted molar refractivity (Wildman–Crippen MR) is 107 cm³/mol. The summed E-state index contributed by atoms with van der Waals surface area (Å²) >= 11 is 0. The summed E-state index contributed by atoms with van der Waals surface area (Å²) in [7, 11) is 0. The lowest BCUT2D eigenvalue weighted by molar-refractivity contribution is -0.163. The van der Waals surface area contributed by atoms with Gasteiger partial charge in [0.2, 0.25) is 6.10 Å². The van der Waals surface area contributed by atoms with Crippen LogP contribution in [0, 0.1) is 0 Å². The molecule has 8 heteroatoms. The van der Waals surface area contributed by atoms with Crippen LogP contribution in [0.1, 0.15) is 58.6 Å². The lowest BCUT2D eigenvalue weighted by Gasteiger charge is -2.22. The van der Waals surface area contributed by atoms with E-state index in [9.17, 15) is 19.5 Å². The van der Waals surface area contributed by atoms with E-state index in [4.69, 9.17) is 14.2 Å². The number of nitrogens with zero attached hydrogens (tertiary/aromatic N) is 1. The molecule has 0 aliphatic carbocycles. The van der Waals surface area contributed by atoms with Gasteiger partial charge in [0.05, 0.1) is 6.61 Å². The van der Waals surface area contributed by atoms with Crippen LogP contribution in [0.4, 0.5) is 0 Å². The minimum Gasteiger partial charge on any atom is -0.490 e. The van der Waals surface area contributed by atoms with Gasteiger partial charge < -0.3 is 24.2 Å². The molecule has 0 heterocycles. The highest BCUT2D eigenvalue weighted by Crippen LogP contribution is 2.32. The van der Waals surface area contributed by atoms with Crippen molar-refractivity contribution < 1.29 is 33.7 Å². The smallest absolute Gasteiger partial charge is 0.349 e. The predicted octanol–water partition coefficient (Wildman–Crippen LogP) is 3.19. The molecule has 8 nitrogen and oxygen atoms in total. The van der Waals surface area contributed by atoms with Crippen molar-refractivity contribution in [3.05, 3.63) is 23.8 Å². The van der Waals surface area contributed by atoms with Crippen molar-refractivity contribution >= 4 is 17.8 Å². The summed E-state index contributed by atoms with van der Waals surface area (Å²) in [6.07, 6.45) is 1.00. The maximum Gasteiger partial charge on any atom is 0.349 e. The van der Waals surface area contributed by atoms with E-state index >= 15 is 0 Å². The molecular weight excluding hydrogens is 378 g/mol. The average Bonchev–Trinajstić information content (AvgIpc) is 2.68. The Morgan fingerprint density at radius 3 is 2.17 bits per heavy atom. The number of carbonyl (C=O) groups is 3. The number of benzene rings is 1. The third kappa shape index (κ3) is 8.01. The maximum atomic E-state index is 12.4. The number of esters is 1. The van der Waals surface area contributed by atoms with Gasteiger partial charge >= 0.3 is 11.9 Å². The number of aliphatic carboxylic acids is 1. The monoisotopic (exact) mass is 409 g/mol. The molecule has 0 spiro atoms. The van der Waals surface area contributed by atoms with E-state index in [2.05, 4.69) is 0 Å². The highest BCUT2D eigenvalue weighted by molar-refractivity contribution is 5.79. The Morgan fingerprint density at radius 1 is 1.00 bits per heavy atom. The molecule has 29 heavy (non-hydrogen) atoms. The zero-order valence-corrected chi connectivity index (χ0v) is 17.6. The van der Waals surface area contributed by atoms with Crippen LogP contribution in [0.15, 0.2) is 18.2 Å². The Bertz CT molecular complexity index is 684. The largest absolute Gasteiger partial charge is 0.490 e. The van der Waals surface area contributed by atoms with Crippen LogP contribution in [0.5, 0.6) is 11.5 Å². The second-order valence-electron chi connectivity index (χ2n) is 6.55. The summed E-state index contributed by atoms with van der Waals surface area (Å²) in [6, 6.07) is 4.47. The Balaban J connectivity index is 3.02. The normalized spacial score (nSPS) is 11.4. The summed E-state index contributed by atoms with van der Waals surface area (Å²) in [5.74, 6) is -1.49. The number of rotatable bonds is 13. The average molecular weight is 409 g/mol. The Kier molecular flexibility index (Phi) is 10.6. The SMILES string of the molecule is CCCOc1cc(C(OC(C)=O)C(=O)O)ccc1OCC(=O)N(CCC)CCC. The van der Waals surface area contributed by atoms with Gasteiger partial charge in [0.15, 0.2) is 18.1 Å². The minimum atomic E-state index is -1.45. The van der Waals surface area contributed by atoms with Crippen molar-refractivity contribution in [2.24, 2.45) is 0 Å². The summed E-state index contributed by atoms with van der Waals surface area (Å²) in [5.41, 5.74) is 0.246. The highest BCUT2D eigenvalue weighted by atomic mass is 16.6. The zero-order chi connectivity index (χ0) is 21.8. The second-order valence-corrected chi connectivity index (χ2v) is 6.55. The fourth-order valence-corrected chi connectivity index (χ4v) is 2.69. The fourth-order valence-electron chi connectivity index (χ4n) is 2.69. The molecule has 0 radical (unpaired) electrons. The molecular formula is C21H31NO7. The van der Waals surface area contributed by atoms with Gasteiger partial charge in [-0.2, -0.15) is 0 Å². The lowest BCUT2D eigenvalue weighted by Crippen LogP contribution is -2.36. The molecule has 0 saturated heterocycles. The fraction of sp³-hybridized carbons (Fsp3) is 0.571. The van der Waals surface area contributed by atoms with Gasteiger partial charge in [0.25, 0.3) is 5.91 Å². The first kappa shape index (κ1) is 24.3. The third-order valence-electron chi connectivity index (χ3n) is 3.93. The molecule has 1 amide bonds. The summed E-state index contributed by atoms with van der Waals surface area (Å²) < 4.78 is 16.2. The number of amides is 1. The van der Waals surface area contributed by atoms with Gasteiger partial charge in [-0.05, 0) is 31.4 Å². The van der Waals surface area contributed by atoms with E-state index < -0.39 is 18.0 Å². The molecule has 0 saturated carbocycles. The van der Waals surface area contributed by atoms with Crippen LogP contribution in [-0.4, -0.2) is 54.2 Å². The minimum absolute atomic E-state index is 0.123. The molecule has 1 aromatic carbocycles. The van der Waals surface area contributed by atoms with Crippen LogP contribution in [-0.2, 0) is 19.1 Å². The summed E-state index contributed by atoms with van der Waals surface area (Å²) in [4.78, 5) is 36.9. The topological polar surface area (TPSA) is 102 Å². The Morgan fingerprint density at radius 2 is 1.66 bits per heavy atom. The number of ether oxygens (including phenoxy) is 3. The molecule has 1 aromatic rings. The first-order valence-corrected chi connectivity index (χ1v) is 9.91. The number of hydrogen-bond donors (Lipinski definition) is 1. The van der Waals surface area contributed by atoms with Gasteiger partial charge in [0.1, 0.15) is 0 Å². The second kappa shape index (κ2) is 12.6. The van der Waals surface area contributed by atoms with Crippen molar-refractivity contribution in [3.63, 3.8) is 0 Å². The molecule has 0 aromatic heterocycles. The summed E-state index contributed by atoms with van der Waals surface area (Å²) in [5, 5.41) is 9.35. The molecule has 1 unspecified atom stereocenters. The third-order valence-corrected chi connectivity index (χ3v) is 3.93. The maximum absolute atomic E-state index is 12.4. The van der Waals surface area contributed by atoms with Gasteiger partial charge in [-0.3, -0.25) is 9.59 Å². The molecule has 0 aliphatic rings. The van der Waals surface area contributed by atoms with Gasteiger partial charge in [-0.1, -0.05) is 26.8 Å². The first-order chi connectivity index (χ1) is 13.8. The number of carboxylic acid groups (broad SMARTS) is 1. The Labute approximate surface area is 171 Å². The highest BCUT2D eigenvalue weighted by Gasteiger charge is 2.25. The standard InChI is InChI=1S/C21H31NO7/c1-5-10-22(11-6-2)19(24)14-28-17-9-8-16(13-18(17)27-12-7-3)20(21(25)26)29-15(4)23/h8-9,13,20H,5-7,10-12,14H2,1-4H3,(H,25,26). The van der Waals surface area contributed by atoms with Crippen LogP contribution in [0.25, 0.3) is 0 Å². The van der Waals surface area contributed by atoms with Crippen LogP contribution in [0.3, 0.4) is 0 Å².